The van der Waals surface area contributed by atoms with Crippen LogP contribution < -0.4 is 20.1 Å². The van der Waals surface area contributed by atoms with Crippen LogP contribution in [-0.2, 0) is 16.0 Å². The Morgan fingerprint density at radius 2 is 2.00 bits per heavy atom. The van der Waals surface area contributed by atoms with E-state index in [1.54, 1.807) is 18.2 Å². The van der Waals surface area contributed by atoms with E-state index in [1.807, 2.05) is 0 Å². The van der Waals surface area contributed by atoms with E-state index >= 15 is 0 Å². The van der Waals surface area contributed by atoms with Gasteiger partial charge in [-0.15, -0.1) is 0 Å². The van der Waals surface area contributed by atoms with Crippen molar-refractivity contribution in [3.8, 4) is 11.5 Å². The maximum absolute atomic E-state index is 12.1. The Morgan fingerprint density at radius 1 is 1.24 bits per heavy atom. The van der Waals surface area contributed by atoms with Gasteiger partial charge in [-0.05, 0) is 35.9 Å². The molecule has 1 heterocycles. The molecule has 0 saturated carbocycles. The van der Waals surface area contributed by atoms with Crippen LogP contribution in [0.3, 0.4) is 0 Å². The summed E-state index contributed by atoms with van der Waals surface area (Å²) in [6.45, 7) is -2.92. The Balaban J connectivity index is 1.61. The Hall–Kier alpha value is -3.16. The summed E-state index contributed by atoms with van der Waals surface area (Å²) >= 11 is 0. The van der Waals surface area contributed by atoms with Crippen molar-refractivity contribution in [2.75, 3.05) is 17.2 Å². The summed E-state index contributed by atoms with van der Waals surface area (Å²) in [4.78, 5) is 23.4. The van der Waals surface area contributed by atoms with Crippen LogP contribution in [0.5, 0.6) is 11.5 Å². The zero-order valence-electron chi connectivity index (χ0n) is 12.9. The number of anilines is 2. The number of ether oxygens (including phenoxy) is 2. The summed E-state index contributed by atoms with van der Waals surface area (Å²) in [5.74, 6) is 0.0180. The van der Waals surface area contributed by atoms with Crippen molar-refractivity contribution < 1.29 is 27.8 Å². The number of alkyl halides is 2. The minimum Gasteiger partial charge on any atom is -0.482 e. The fraction of sp³-hybridized carbons (Fsp3) is 0.176. The average Bonchev–Trinajstić information content (AvgIpc) is 2.55. The zero-order valence-corrected chi connectivity index (χ0v) is 12.9. The van der Waals surface area contributed by atoms with Gasteiger partial charge in [0.1, 0.15) is 11.5 Å². The van der Waals surface area contributed by atoms with Gasteiger partial charge in [-0.2, -0.15) is 8.78 Å². The van der Waals surface area contributed by atoms with Crippen LogP contribution in [0, 0.1) is 0 Å². The first-order chi connectivity index (χ1) is 12.0. The molecule has 0 bridgehead atoms. The lowest BCUT2D eigenvalue weighted by Gasteiger charge is -2.18. The standard InChI is InChI=1S/C17H14F2N2O4/c18-17(19)25-12-4-1-10(2-5-12)7-15(22)20-11-3-6-14-13(8-11)21-16(23)9-24-14/h1-6,8,17H,7,9H2,(H,20,22)(H,21,23). The monoisotopic (exact) mass is 348 g/mol. The molecule has 6 nitrogen and oxygen atoms in total. The van der Waals surface area contributed by atoms with E-state index in [9.17, 15) is 18.4 Å². The van der Waals surface area contributed by atoms with E-state index in [0.717, 1.165) is 0 Å². The third-order valence-electron chi connectivity index (χ3n) is 3.41. The fourth-order valence-electron chi connectivity index (χ4n) is 2.34. The van der Waals surface area contributed by atoms with Crippen LogP contribution in [0.15, 0.2) is 42.5 Å². The Bertz CT molecular complexity index is 794. The number of carbonyl (C=O) groups excluding carboxylic acids is 2. The summed E-state index contributed by atoms with van der Waals surface area (Å²) in [7, 11) is 0. The van der Waals surface area contributed by atoms with Gasteiger partial charge in [0.2, 0.25) is 5.91 Å². The second kappa shape index (κ2) is 7.16. The molecule has 0 spiro atoms. The van der Waals surface area contributed by atoms with E-state index in [0.29, 0.717) is 22.7 Å². The predicted molar refractivity (Wildman–Crippen MR) is 86.0 cm³/mol. The van der Waals surface area contributed by atoms with Crippen LogP contribution in [0.2, 0.25) is 0 Å². The van der Waals surface area contributed by atoms with Gasteiger partial charge in [0.15, 0.2) is 6.61 Å². The topological polar surface area (TPSA) is 76.7 Å². The normalized spacial score (nSPS) is 12.8. The molecule has 0 atom stereocenters. The summed E-state index contributed by atoms with van der Waals surface area (Å²) in [6, 6.07) is 10.7. The predicted octanol–water partition coefficient (Wildman–Crippen LogP) is 2.80. The second-order valence-electron chi connectivity index (χ2n) is 5.30. The number of nitrogens with one attached hydrogen (secondary N) is 2. The molecule has 3 rings (SSSR count). The molecular weight excluding hydrogens is 334 g/mol. The molecule has 0 fully saturated rings. The first-order valence-electron chi connectivity index (χ1n) is 7.40. The highest BCUT2D eigenvalue weighted by Gasteiger charge is 2.16. The lowest BCUT2D eigenvalue weighted by molar-refractivity contribution is -0.118. The first kappa shape index (κ1) is 16.7. The molecular formula is C17H14F2N2O4. The van der Waals surface area contributed by atoms with Gasteiger partial charge < -0.3 is 20.1 Å². The molecule has 2 amide bonds. The van der Waals surface area contributed by atoms with Crippen LogP contribution in [0.25, 0.3) is 0 Å². The van der Waals surface area contributed by atoms with Gasteiger partial charge in [0, 0.05) is 5.69 Å². The molecule has 0 unspecified atom stereocenters. The van der Waals surface area contributed by atoms with Gasteiger partial charge in [0.25, 0.3) is 5.91 Å². The van der Waals surface area contributed by atoms with E-state index < -0.39 is 6.61 Å². The smallest absolute Gasteiger partial charge is 0.387 e. The van der Waals surface area contributed by atoms with Crippen molar-refractivity contribution in [1.29, 1.82) is 0 Å². The number of amides is 2. The molecule has 130 valence electrons. The molecule has 0 radical (unpaired) electrons. The second-order valence-corrected chi connectivity index (χ2v) is 5.30. The van der Waals surface area contributed by atoms with Gasteiger partial charge in [-0.1, -0.05) is 12.1 Å². The minimum absolute atomic E-state index is 0.0320. The van der Waals surface area contributed by atoms with Crippen LogP contribution >= 0.6 is 0 Å². The van der Waals surface area contributed by atoms with E-state index in [-0.39, 0.29) is 30.6 Å². The quantitative estimate of drug-likeness (QED) is 0.871. The van der Waals surface area contributed by atoms with Crippen molar-refractivity contribution >= 4 is 23.2 Å². The van der Waals surface area contributed by atoms with Crippen molar-refractivity contribution in [2.45, 2.75) is 13.0 Å². The van der Waals surface area contributed by atoms with Crippen molar-refractivity contribution in [3.05, 3.63) is 48.0 Å². The Labute approximate surface area is 141 Å². The van der Waals surface area contributed by atoms with E-state index in [1.165, 1.54) is 24.3 Å². The van der Waals surface area contributed by atoms with Crippen LogP contribution in [-0.4, -0.2) is 25.0 Å². The number of rotatable bonds is 5. The largest absolute Gasteiger partial charge is 0.482 e. The molecule has 0 aliphatic carbocycles. The number of hydrogen-bond donors (Lipinski definition) is 2. The molecule has 0 aromatic heterocycles. The van der Waals surface area contributed by atoms with Gasteiger partial charge in [-0.3, -0.25) is 9.59 Å². The highest BCUT2D eigenvalue weighted by molar-refractivity contribution is 5.98. The van der Waals surface area contributed by atoms with Gasteiger partial charge in [-0.25, -0.2) is 0 Å². The summed E-state index contributed by atoms with van der Waals surface area (Å²) < 4.78 is 33.7. The highest BCUT2D eigenvalue weighted by Crippen LogP contribution is 2.30. The lowest BCUT2D eigenvalue weighted by Crippen LogP contribution is -2.25. The Morgan fingerprint density at radius 3 is 2.72 bits per heavy atom. The van der Waals surface area contributed by atoms with E-state index in [2.05, 4.69) is 15.4 Å². The molecule has 8 heteroatoms. The van der Waals surface area contributed by atoms with Gasteiger partial charge in [0.05, 0.1) is 12.1 Å². The molecule has 1 aliphatic heterocycles. The SMILES string of the molecule is O=C(Cc1ccc(OC(F)F)cc1)Nc1ccc2c(c1)NC(=O)CO2. The number of carbonyl (C=O) groups is 2. The number of halogens is 2. The minimum atomic E-state index is -2.89. The maximum atomic E-state index is 12.1. The average molecular weight is 348 g/mol. The first-order valence-corrected chi connectivity index (χ1v) is 7.40. The summed E-state index contributed by atoms with van der Waals surface area (Å²) in [5, 5.41) is 5.36. The third kappa shape index (κ3) is 4.43. The van der Waals surface area contributed by atoms with Crippen molar-refractivity contribution in [3.63, 3.8) is 0 Å². The zero-order chi connectivity index (χ0) is 17.8. The van der Waals surface area contributed by atoms with Crippen LogP contribution in [0.4, 0.5) is 20.2 Å². The van der Waals surface area contributed by atoms with E-state index in [4.69, 9.17) is 4.74 Å². The molecule has 2 aromatic carbocycles. The van der Waals surface area contributed by atoms with Gasteiger partial charge >= 0.3 is 6.61 Å². The summed E-state index contributed by atoms with van der Waals surface area (Å²) in [5.41, 5.74) is 1.64. The van der Waals surface area contributed by atoms with Crippen molar-refractivity contribution in [2.24, 2.45) is 0 Å². The maximum Gasteiger partial charge on any atom is 0.387 e. The number of benzene rings is 2. The highest BCUT2D eigenvalue weighted by atomic mass is 19.3. The third-order valence-corrected chi connectivity index (χ3v) is 3.41. The lowest BCUT2D eigenvalue weighted by atomic mass is 10.1. The molecule has 25 heavy (non-hydrogen) atoms. The Kier molecular flexibility index (Phi) is 4.78. The molecule has 2 aromatic rings. The molecule has 1 aliphatic rings. The number of hydrogen-bond acceptors (Lipinski definition) is 4. The van der Waals surface area contributed by atoms with Crippen LogP contribution in [0.1, 0.15) is 5.56 Å². The van der Waals surface area contributed by atoms with Crippen molar-refractivity contribution in [1.82, 2.24) is 0 Å². The fourth-order valence-corrected chi connectivity index (χ4v) is 2.34. The molecule has 2 N–H and O–H groups in total. The molecule has 0 saturated heterocycles. The number of fused-ring (bicyclic) bond motifs is 1. The summed E-state index contributed by atoms with van der Waals surface area (Å²) in [6.07, 6.45) is 0.0644.